The molecule has 8 rings (SSSR count). The number of rotatable bonds is 2. The Morgan fingerprint density at radius 3 is 2.43 bits per heavy atom. The number of anilines is 2. The standard InChI is InChI=1S/C28H36N8O/c1-2-9-34-10-8-30-28(37)21-36-13-11-35(12-14-36)19-22-4-3-5-25(15-22)33-26-16-23(6-7-29-26)24-17-31-27(20-34)32-18-24/h3-7,15-18H,2,8-14,19-21H2,1H3,(H,29,33)(H,30,37). The maximum Gasteiger partial charge on any atom is 0.234 e. The molecular weight excluding hydrogens is 464 g/mol. The number of piperazine rings is 1. The fourth-order valence-electron chi connectivity index (χ4n) is 4.92. The van der Waals surface area contributed by atoms with Gasteiger partial charge in [0.1, 0.15) is 11.6 Å². The first kappa shape index (κ1) is 25.3. The van der Waals surface area contributed by atoms with Crippen molar-refractivity contribution in [3.63, 3.8) is 0 Å². The van der Waals surface area contributed by atoms with E-state index in [4.69, 9.17) is 0 Å². The Labute approximate surface area is 218 Å². The average Bonchev–Trinajstić information content (AvgIpc) is 2.90. The molecule has 1 saturated heterocycles. The van der Waals surface area contributed by atoms with E-state index in [1.165, 1.54) is 5.56 Å². The first-order valence-corrected chi connectivity index (χ1v) is 13.2. The van der Waals surface area contributed by atoms with Crippen LogP contribution in [0, 0.1) is 0 Å². The molecule has 0 radical (unpaired) electrons. The highest BCUT2D eigenvalue weighted by Gasteiger charge is 2.19. The third-order valence-corrected chi connectivity index (χ3v) is 6.89. The zero-order valence-corrected chi connectivity index (χ0v) is 21.6. The van der Waals surface area contributed by atoms with Crippen molar-refractivity contribution in [2.75, 3.05) is 57.7 Å². The lowest BCUT2D eigenvalue weighted by atomic mass is 10.1. The van der Waals surface area contributed by atoms with E-state index in [9.17, 15) is 4.79 Å². The van der Waals surface area contributed by atoms with Gasteiger partial charge in [-0.1, -0.05) is 19.1 Å². The van der Waals surface area contributed by atoms with Gasteiger partial charge in [0.05, 0.1) is 13.1 Å². The molecule has 5 aliphatic heterocycles. The van der Waals surface area contributed by atoms with Gasteiger partial charge in [-0.2, -0.15) is 0 Å². The van der Waals surface area contributed by atoms with Crippen LogP contribution in [0.1, 0.15) is 24.7 Å². The molecule has 5 aliphatic rings. The molecule has 2 N–H and O–H groups in total. The summed E-state index contributed by atoms with van der Waals surface area (Å²) in [5.74, 6) is 1.67. The second-order valence-corrected chi connectivity index (χ2v) is 9.82. The van der Waals surface area contributed by atoms with Gasteiger partial charge in [0, 0.05) is 75.7 Å². The van der Waals surface area contributed by atoms with Crippen LogP contribution in [0.25, 0.3) is 11.1 Å². The molecule has 0 saturated carbocycles. The summed E-state index contributed by atoms with van der Waals surface area (Å²) in [5, 5.41) is 6.57. The number of nitrogens with one attached hydrogen (secondary N) is 2. The van der Waals surface area contributed by atoms with E-state index in [0.29, 0.717) is 19.6 Å². The van der Waals surface area contributed by atoms with E-state index in [1.807, 2.05) is 30.7 Å². The minimum absolute atomic E-state index is 0.0954. The van der Waals surface area contributed by atoms with E-state index in [1.54, 1.807) is 0 Å². The van der Waals surface area contributed by atoms with E-state index >= 15 is 0 Å². The van der Waals surface area contributed by atoms with Crippen molar-refractivity contribution in [1.82, 2.24) is 35.0 Å². The van der Waals surface area contributed by atoms with Crippen LogP contribution in [0.5, 0.6) is 0 Å². The van der Waals surface area contributed by atoms with Crippen molar-refractivity contribution in [1.29, 1.82) is 0 Å². The van der Waals surface area contributed by atoms with Crippen LogP contribution in [-0.2, 0) is 17.9 Å². The summed E-state index contributed by atoms with van der Waals surface area (Å²) < 4.78 is 0. The minimum Gasteiger partial charge on any atom is -0.354 e. The number of benzene rings is 1. The third-order valence-electron chi connectivity index (χ3n) is 6.89. The van der Waals surface area contributed by atoms with Crippen LogP contribution >= 0.6 is 0 Å². The summed E-state index contributed by atoms with van der Waals surface area (Å²) in [4.78, 5) is 33.4. The van der Waals surface area contributed by atoms with Crippen molar-refractivity contribution in [3.8, 4) is 11.1 Å². The minimum atomic E-state index is 0.0954. The van der Waals surface area contributed by atoms with Gasteiger partial charge < -0.3 is 10.6 Å². The summed E-state index contributed by atoms with van der Waals surface area (Å²) in [6.07, 6.45) is 6.60. The van der Waals surface area contributed by atoms with Crippen molar-refractivity contribution in [3.05, 3.63) is 66.4 Å². The smallest absolute Gasteiger partial charge is 0.234 e. The first-order chi connectivity index (χ1) is 18.1. The molecule has 0 unspecified atom stereocenters. The summed E-state index contributed by atoms with van der Waals surface area (Å²) in [6.45, 7) is 10.2. The molecule has 2 aromatic heterocycles. The van der Waals surface area contributed by atoms with Gasteiger partial charge >= 0.3 is 0 Å². The molecule has 7 heterocycles. The van der Waals surface area contributed by atoms with Crippen LogP contribution in [0.15, 0.2) is 55.0 Å². The fourth-order valence-corrected chi connectivity index (χ4v) is 4.92. The van der Waals surface area contributed by atoms with E-state index < -0.39 is 0 Å². The van der Waals surface area contributed by atoms with Crippen LogP contribution in [0.4, 0.5) is 11.5 Å². The average molecular weight is 501 g/mol. The first-order valence-electron chi connectivity index (χ1n) is 13.2. The zero-order chi connectivity index (χ0) is 25.5. The maximum absolute atomic E-state index is 12.6. The largest absolute Gasteiger partial charge is 0.354 e. The maximum atomic E-state index is 12.6. The van der Waals surface area contributed by atoms with Gasteiger partial charge in [-0.3, -0.25) is 19.5 Å². The quantitative estimate of drug-likeness (QED) is 0.555. The molecule has 1 fully saturated rings. The molecule has 9 nitrogen and oxygen atoms in total. The Kier molecular flexibility index (Phi) is 8.35. The molecule has 37 heavy (non-hydrogen) atoms. The molecule has 9 heteroatoms. The number of nitrogens with zero attached hydrogens (tertiary/aromatic N) is 6. The lowest BCUT2D eigenvalue weighted by Crippen LogP contribution is -2.49. The Balaban J connectivity index is 1.37. The van der Waals surface area contributed by atoms with E-state index in [2.05, 4.69) is 71.5 Å². The fraction of sp³-hybridized carbons (Fsp3) is 0.429. The van der Waals surface area contributed by atoms with Gasteiger partial charge in [-0.05, 0) is 48.4 Å². The van der Waals surface area contributed by atoms with Crippen molar-refractivity contribution < 1.29 is 4.79 Å². The van der Waals surface area contributed by atoms with Crippen molar-refractivity contribution in [2.24, 2.45) is 0 Å². The lowest BCUT2D eigenvalue weighted by Gasteiger charge is -2.34. The zero-order valence-electron chi connectivity index (χ0n) is 21.6. The van der Waals surface area contributed by atoms with Gasteiger partial charge in [0.2, 0.25) is 5.91 Å². The normalized spacial score (nSPS) is 21.3. The Morgan fingerprint density at radius 2 is 1.65 bits per heavy atom. The molecule has 1 amide bonds. The Hall–Kier alpha value is -3.40. The molecule has 0 aliphatic carbocycles. The van der Waals surface area contributed by atoms with E-state index in [0.717, 1.165) is 80.7 Å². The van der Waals surface area contributed by atoms with Crippen molar-refractivity contribution >= 4 is 17.4 Å². The molecule has 0 atom stereocenters. The number of aromatic nitrogens is 3. The predicted octanol–water partition coefficient (Wildman–Crippen LogP) is 2.74. The van der Waals surface area contributed by atoms with Crippen LogP contribution < -0.4 is 10.6 Å². The predicted molar refractivity (Wildman–Crippen MR) is 145 cm³/mol. The second kappa shape index (κ2) is 12.2. The Morgan fingerprint density at radius 1 is 0.865 bits per heavy atom. The highest BCUT2D eigenvalue weighted by molar-refractivity contribution is 5.78. The summed E-state index contributed by atoms with van der Waals surface area (Å²) in [6, 6.07) is 12.5. The lowest BCUT2D eigenvalue weighted by molar-refractivity contribution is -0.122. The second-order valence-electron chi connectivity index (χ2n) is 9.82. The van der Waals surface area contributed by atoms with Gasteiger partial charge in [0.15, 0.2) is 0 Å². The molecule has 8 bridgehead atoms. The summed E-state index contributed by atoms with van der Waals surface area (Å²) in [5.41, 5.74) is 4.24. The number of hydrogen-bond donors (Lipinski definition) is 2. The highest BCUT2D eigenvalue weighted by Crippen LogP contribution is 2.23. The van der Waals surface area contributed by atoms with Crippen LogP contribution in [0.3, 0.4) is 0 Å². The molecule has 3 aromatic rings. The summed E-state index contributed by atoms with van der Waals surface area (Å²) in [7, 11) is 0. The number of carbonyl (C=O) groups is 1. The number of hydrogen-bond acceptors (Lipinski definition) is 8. The summed E-state index contributed by atoms with van der Waals surface area (Å²) >= 11 is 0. The molecular formula is C28H36N8O. The number of pyridine rings is 1. The molecule has 0 spiro atoms. The van der Waals surface area contributed by atoms with E-state index in [-0.39, 0.29) is 5.91 Å². The SMILES string of the molecule is CCCN1CCNC(=O)CN2CCN(CC2)Cc2cccc(c2)Nc2cc(ccn2)-c2cnc(nc2)C1. The van der Waals surface area contributed by atoms with Gasteiger partial charge in [-0.25, -0.2) is 15.0 Å². The van der Waals surface area contributed by atoms with Crippen LogP contribution in [-0.4, -0.2) is 87.9 Å². The van der Waals surface area contributed by atoms with Gasteiger partial charge in [-0.15, -0.1) is 0 Å². The molecule has 194 valence electrons. The van der Waals surface area contributed by atoms with Gasteiger partial charge in [0.25, 0.3) is 0 Å². The monoisotopic (exact) mass is 500 g/mol. The number of amides is 1. The number of carbonyl (C=O) groups excluding carboxylic acids is 1. The van der Waals surface area contributed by atoms with Crippen LogP contribution in [0.2, 0.25) is 0 Å². The third kappa shape index (κ3) is 7.09. The molecule has 1 aromatic carbocycles. The Bertz CT molecular complexity index is 1180. The highest BCUT2D eigenvalue weighted by atomic mass is 16.2. The van der Waals surface area contributed by atoms with Crippen molar-refractivity contribution in [2.45, 2.75) is 26.4 Å². The topological polar surface area (TPSA) is 89.5 Å².